The van der Waals surface area contributed by atoms with Gasteiger partial charge >= 0.3 is 5.97 Å². The smallest absolute Gasteiger partial charge is 0.338 e. The molecule has 0 saturated carbocycles. The van der Waals surface area contributed by atoms with Crippen LogP contribution in [-0.4, -0.2) is 27.0 Å². The molecule has 7 nitrogen and oxygen atoms in total. The maximum atomic E-state index is 11.0. The number of aromatic carboxylic acids is 1. The highest BCUT2D eigenvalue weighted by Gasteiger charge is 2.05. The Balaban J connectivity index is 2.13. The van der Waals surface area contributed by atoms with Crippen molar-refractivity contribution in [3.05, 3.63) is 42.2 Å². The highest BCUT2D eigenvalue weighted by molar-refractivity contribution is 5.89. The monoisotopic (exact) mass is 272 g/mol. The number of benzene rings is 1. The summed E-state index contributed by atoms with van der Waals surface area (Å²) in [7, 11) is 0. The fourth-order valence-corrected chi connectivity index (χ4v) is 1.51. The van der Waals surface area contributed by atoms with Crippen molar-refractivity contribution in [2.75, 3.05) is 10.6 Å². The number of carbonyl (C=O) groups is 2. The first-order valence-corrected chi connectivity index (χ1v) is 5.74. The molecule has 2 aromatic rings. The lowest BCUT2D eigenvalue weighted by Crippen LogP contribution is -2.06. The fraction of sp³-hybridized carbons (Fsp3) is 0.0769. The van der Waals surface area contributed by atoms with Gasteiger partial charge in [0.15, 0.2) is 0 Å². The number of hydrogen-bond donors (Lipinski definition) is 3. The summed E-state index contributed by atoms with van der Waals surface area (Å²) in [5, 5.41) is 14.3. The number of nitrogens with zero attached hydrogens (tertiary/aromatic N) is 2. The van der Waals surface area contributed by atoms with Gasteiger partial charge in [0.1, 0.15) is 0 Å². The maximum Gasteiger partial charge on any atom is 0.338 e. The molecule has 7 heteroatoms. The van der Waals surface area contributed by atoms with Crippen molar-refractivity contribution in [2.24, 2.45) is 0 Å². The highest BCUT2D eigenvalue weighted by atomic mass is 16.4. The van der Waals surface area contributed by atoms with Crippen LogP contribution in [0.15, 0.2) is 36.7 Å². The molecular formula is C13H12N4O3. The van der Waals surface area contributed by atoms with E-state index in [0.29, 0.717) is 11.4 Å². The van der Waals surface area contributed by atoms with Gasteiger partial charge in [0.25, 0.3) is 0 Å². The van der Waals surface area contributed by atoms with E-state index in [1.807, 2.05) is 0 Å². The summed E-state index contributed by atoms with van der Waals surface area (Å²) >= 11 is 0. The number of carbonyl (C=O) groups excluding carboxylic acids is 1. The third kappa shape index (κ3) is 3.52. The summed E-state index contributed by atoms with van der Waals surface area (Å²) in [4.78, 5) is 29.4. The van der Waals surface area contributed by atoms with Crippen LogP contribution in [0.1, 0.15) is 17.3 Å². The minimum Gasteiger partial charge on any atom is -0.478 e. The lowest BCUT2D eigenvalue weighted by atomic mass is 10.2. The zero-order valence-corrected chi connectivity index (χ0v) is 10.6. The Labute approximate surface area is 114 Å². The van der Waals surface area contributed by atoms with Crippen LogP contribution in [0.4, 0.5) is 17.3 Å². The molecule has 0 fully saturated rings. The molecule has 102 valence electrons. The Morgan fingerprint density at radius 2 is 1.80 bits per heavy atom. The fourth-order valence-electron chi connectivity index (χ4n) is 1.51. The van der Waals surface area contributed by atoms with E-state index in [2.05, 4.69) is 20.6 Å². The molecule has 20 heavy (non-hydrogen) atoms. The van der Waals surface area contributed by atoms with Crippen LogP contribution in [0.2, 0.25) is 0 Å². The lowest BCUT2D eigenvalue weighted by molar-refractivity contribution is -0.114. The van der Waals surface area contributed by atoms with E-state index in [-0.39, 0.29) is 17.4 Å². The second-order valence-electron chi connectivity index (χ2n) is 3.99. The first-order chi connectivity index (χ1) is 9.54. The molecule has 0 atom stereocenters. The minimum atomic E-state index is -1.08. The van der Waals surface area contributed by atoms with E-state index in [0.717, 1.165) is 0 Å². The molecule has 1 aromatic heterocycles. The largest absolute Gasteiger partial charge is 0.478 e. The van der Waals surface area contributed by atoms with Gasteiger partial charge in [0, 0.05) is 30.7 Å². The number of carboxylic acid groups (broad SMARTS) is 1. The van der Waals surface area contributed by atoms with Crippen molar-refractivity contribution >= 4 is 29.2 Å². The molecule has 0 aliphatic carbocycles. The molecule has 0 spiro atoms. The van der Waals surface area contributed by atoms with Crippen LogP contribution in [-0.2, 0) is 4.79 Å². The molecule has 2 rings (SSSR count). The Kier molecular flexibility index (Phi) is 3.90. The van der Waals surface area contributed by atoms with E-state index in [4.69, 9.17) is 5.11 Å². The third-order valence-corrected chi connectivity index (χ3v) is 2.34. The molecular weight excluding hydrogens is 260 g/mol. The lowest BCUT2D eigenvalue weighted by Gasteiger charge is -2.07. The van der Waals surface area contributed by atoms with Crippen molar-refractivity contribution in [2.45, 2.75) is 6.92 Å². The molecule has 1 amide bonds. The van der Waals surface area contributed by atoms with E-state index in [1.165, 1.54) is 19.3 Å². The highest BCUT2D eigenvalue weighted by Crippen LogP contribution is 2.17. The second kappa shape index (κ2) is 5.79. The maximum absolute atomic E-state index is 11.0. The molecule has 0 saturated heterocycles. The van der Waals surface area contributed by atoms with Crippen molar-refractivity contribution in [1.82, 2.24) is 9.97 Å². The summed E-state index contributed by atoms with van der Waals surface area (Å²) in [6.45, 7) is 1.42. The number of rotatable bonds is 4. The Morgan fingerprint density at radius 1 is 1.15 bits per heavy atom. The predicted molar refractivity (Wildman–Crippen MR) is 73.0 cm³/mol. The first-order valence-electron chi connectivity index (χ1n) is 5.74. The predicted octanol–water partition coefficient (Wildman–Crippen LogP) is 1.88. The molecule has 0 aliphatic heterocycles. The number of amides is 1. The molecule has 0 unspecified atom stereocenters. The number of nitrogens with one attached hydrogen (secondary N) is 2. The molecule has 1 heterocycles. The van der Waals surface area contributed by atoms with Gasteiger partial charge in [-0.05, 0) is 18.2 Å². The molecule has 1 aromatic carbocycles. The SMILES string of the molecule is CC(=O)Nc1cccc(Nc2ncc(C(=O)O)cn2)c1. The van der Waals surface area contributed by atoms with Crippen molar-refractivity contribution in [1.29, 1.82) is 0 Å². The van der Waals surface area contributed by atoms with Crippen LogP contribution >= 0.6 is 0 Å². The van der Waals surface area contributed by atoms with E-state index in [1.54, 1.807) is 24.3 Å². The Morgan fingerprint density at radius 3 is 2.40 bits per heavy atom. The van der Waals surface area contributed by atoms with Crippen molar-refractivity contribution < 1.29 is 14.7 Å². The standard InChI is InChI=1S/C13H12N4O3/c1-8(18)16-10-3-2-4-11(5-10)17-13-14-6-9(7-15-13)12(19)20/h2-7H,1H3,(H,16,18)(H,19,20)(H,14,15,17). The third-order valence-electron chi connectivity index (χ3n) is 2.34. The number of carboxylic acids is 1. The summed E-state index contributed by atoms with van der Waals surface area (Å²) in [6.07, 6.45) is 2.44. The van der Waals surface area contributed by atoms with Gasteiger partial charge in [-0.2, -0.15) is 0 Å². The zero-order chi connectivity index (χ0) is 14.5. The van der Waals surface area contributed by atoms with Crippen LogP contribution in [0, 0.1) is 0 Å². The molecule has 0 radical (unpaired) electrons. The van der Waals surface area contributed by atoms with Crippen LogP contribution in [0.25, 0.3) is 0 Å². The summed E-state index contributed by atoms with van der Waals surface area (Å²) in [6, 6.07) is 7.01. The number of aromatic nitrogens is 2. The number of anilines is 3. The van der Waals surface area contributed by atoms with Crippen LogP contribution in [0.3, 0.4) is 0 Å². The second-order valence-corrected chi connectivity index (χ2v) is 3.99. The van der Waals surface area contributed by atoms with Gasteiger partial charge in [-0.1, -0.05) is 6.07 Å². The zero-order valence-electron chi connectivity index (χ0n) is 10.6. The van der Waals surface area contributed by atoms with Gasteiger partial charge in [0.2, 0.25) is 11.9 Å². The minimum absolute atomic E-state index is 0.0162. The van der Waals surface area contributed by atoms with Gasteiger partial charge in [-0.25, -0.2) is 14.8 Å². The topological polar surface area (TPSA) is 104 Å². The van der Waals surface area contributed by atoms with Gasteiger partial charge < -0.3 is 15.7 Å². The van der Waals surface area contributed by atoms with Gasteiger partial charge in [-0.15, -0.1) is 0 Å². The average molecular weight is 272 g/mol. The van der Waals surface area contributed by atoms with Crippen molar-refractivity contribution in [3.63, 3.8) is 0 Å². The average Bonchev–Trinajstić information content (AvgIpc) is 2.39. The molecule has 0 aliphatic rings. The summed E-state index contributed by atoms with van der Waals surface area (Å²) in [5.74, 6) is -0.969. The van der Waals surface area contributed by atoms with E-state index in [9.17, 15) is 9.59 Å². The van der Waals surface area contributed by atoms with E-state index >= 15 is 0 Å². The Hall–Kier alpha value is -2.96. The van der Waals surface area contributed by atoms with Crippen LogP contribution in [0.5, 0.6) is 0 Å². The summed E-state index contributed by atoms with van der Waals surface area (Å²) < 4.78 is 0. The quantitative estimate of drug-likeness (QED) is 0.785. The number of hydrogen-bond acceptors (Lipinski definition) is 5. The normalized spacial score (nSPS) is 9.85. The van der Waals surface area contributed by atoms with Gasteiger partial charge in [-0.3, -0.25) is 4.79 Å². The summed E-state index contributed by atoms with van der Waals surface area (Å²) in [5.41, 5.74) is 1.34. The van der Waals surface area contributed by atoms with Gasteiger partial charge in [0.05, 0.1) is 5.56 Å². The first kappa shape index (κ1) is 13.5. The van der Waals surface area contributed by atoms with E-state index < -0.39 is 5.97 Å². The molecule has 3 N–H and O–H groups in total. The van der Waals surface area contributed by atoms with Crippen molar-refractivity contribution in [3.8, 4) is 0 Å². The Bertz CT molecular complexity index is 640. The molecule has 0 bridgehead atoms. The van der Waals surface area contributed by atoms with Crippen LogP contribution < -0.4 is 10.6 Å².